The van der Waals surface area contributed by atoms with E-state index >= 15 is 0 Å². The third kappa shape index (κ3) is 3.15. The molecule has 1 aromatic heterocycles. The van der Waals surface area contributed by atoms with E-state index in [0.29, 0.717) is 22.2 Å². The fraction of sp³-hybridized carbons (Fsp3) is 0.375. The second-order valence-electron chi connectivity index (χ2n) is 5.72. The second kappa shape index (κ2) is 6.50. The van der Waals surface area contributed by atoms with Crippen LogP contribution in [-0.2, 0) is 0 Å². The standard InChI is InChI=1S/C16H19ClN4O/c1-10-5-6-18-9-14(10)20-16(22)13-8-19-21-15(13)11-3-2-4-12(17)7-11/h2-4,7-8,10,14,18H,5-6,9H2,1H3,(H,19,21)(H,20,22). The molecule has 0 saturated carbocycles. The van der Waals surface area contributed by atoms with Gasteiger partial charge in [0.15, 0.2) is 0 Å². The normalized spacial score (nSPS) is 21.5. The molecule has 1 amide bonds. The molecule has 1 aromatic carbocycles. The van der Waals surface area contributed by atoms with E-state index in [1.54, 1.807) is 12.3 Å². The number of H-pyrrole nitrogens is 1. The van der Waals surface area contributed by atoms with E-state index in [1.165, 1.54) is 0 Å². The van der Waals surface area contributed by atoms with Crippen LogP contribution in [0.1, 0.15) is 23.7 Å². The number of aromatic amines is 1. The molecular weight excluding hydrogens is 300 g/mol. The number of amides is 1. The van der Waals surface area contributed by atoms with E-state index in [4.69, 9.17) is 11.6 Å². The van der Waals surface area contributed by atoms with Crippen LogP contribution in [0.3, 0.4) is 0 Å². The fourth-order valence-corrected chi connectivity index (χ4v) is 2.94. The topological polar surface area (TPSA) is 69.8 Å². The summed E-state index contributed by atoms with van der Waals surface area (Å²) < 4.78 is 0. The van der Waals surface area contributed by atoms with Gasteiger partial charge in [-0.05, 0) is 31.0 Å². The van der Waals surface area contributed by atoms with Crippen molar-refractivity contribution in [1.29, 1.82) is 0 Å². The van der Waals surface area contributed by atoms with Crippen LogP contribution < -0.4 is 10.6 Å². The highest BCUT2D eigenvalue weighted by molar-refractivity contribution is 6.30. The van der Waals surface area contributed by atoms with Gasteiger partial charge in [-0.3, -0.25) is 9.89 Å². The van der Waals surface area contributed by atoms with E-state index in [1.807, 2.05) is 18.2 Å². The zero-order chi connectivity index (χ0) is 15.5. The van der Waals surface area contributed by atoms with Crippen LogP contribution in [0, 0.1) is 5.92 Å². The molecule has 6 heteroatoms. The number of hydrogen-bond donors (Lipinski definition) is 3. The highest BCUT2D eigenvalue weighted by Gasteiger charge is 2.24. The first-order valence-electron chi connectivity index (χ1n) is 7.46. The lowest BCUT2D eigenvalue weighted by Crippen LogP contribution is -2.50. The summed E-state index contributed by atoms with van der Waals surface area (Å²) in [6.45, 7) is 3.98. The van der Waals surface area contributed by atoms with Crippen molar-refractivity contribution in [3.8, 4) is 11.3 Å². The average molecular weight is 319 g/mol. The van der Waals surface area contributed by atoms with Crippen LogP contribution in [-0.4, -0.2) is 35.2 Å². The largest absolute Gasteiger partial charge is 0.348 e. The maximum absolute atomic E-state index is 12.6. The molecule has 116 valence electrons. The van der Waals surface area contributed by atoms with Crippen molar-refractivity contribution < 1.29 is 4.79 Å². The van der Waals surface area contributed by atoms with Crippen molar-refractivity contribution in [1.82, 2.24) is 20.8 Å². The second-order valence-corrected chi connectivity index (χ2v) is 6.16. The van der Waals surface area contributed by atoms with Gasteiger partial charge in [-0.1, -0.05) is 30.7 Å². The number of carbonyl (C=O) groups excluding carboxylic acids is 1. The lowest BCUT2D eigenvalue weighted by molar-refractivity contribution is 0.0916. The summed E-state index contributed by atoms with van der Waals surface area (Å²) in [5.41, 5.74) is 2.08. The molecule has 0 aliphatic carbocycles. The molecule has 0 bridgehead atoms. The molecule has 2 unspecified atom stereocenters. The van der Waals surface area contributed by atoms with Crippen LogP contribution in [0.15, 0.2) is 30.5 Å². The maximum atomic E-state index is 12.6. The lowest BCUT2D eigenvalue weighted by Gasteiger charge is -2.30. The zero-order valence-electron chi connectivity index (χ0n) is 12.4. The minimum atomic E-state index is -0.107. The molecule has 22 heavy (non-hydrogen) atoms. The predicted octanol–water partition coefficient (Wildman–Crippen LogP) is 2.46. The molecule has 1 aliphatic heterocycles. The molecule has 3 N–H and O–H groups in total. The van der Waals surface area contributed by atoms with Crippen molar-refractivity contribution in [2.24, 2.45) is 5.92 Å². The third-order valence-corrected chi connectivity index (χ3v) is 4.38. The Morgan fingerprint density at radius 2 is 2.32 bits per heavy atom. The van der Waals surface area contributed by atoms with Crippen LogP contribution >= 0.6 is 11.6 Å². The van der Waals surface area contributed by atoms with Gasteiger partial charge in [-0.15, -0.1) is 0 Å². The monoisotopic (exact) mass is 318 g/mol. The summed E-state index contributed by atoms with van der Waals surface area (Å²) in [6.07, 6.45) is 2.63. The van der Waals surface area contributed by atoms with Gasteiger partial charge in [0.2, 0.25) is 0 Å². The Bertz CT molecular complexity index is 670. The van der Waals surface area contributed by atoms with Crippen LogP contribution in [0.5, 0.6) is 0 Å². The quantitative estimate of drug-likeness (QED) is 0.814. The number of hydrogen-bond acceptors (Lipinski definition) is 3. The number of aromatic nitrogens is 2. The number of rotatable bonds is 3. The molecule has 2 atom stereocenters. The number of nitrogens with one attached hydrogen (secondary N) is 3. The van der Waals surface area contributed by atoms with Crippen molar-refractivity contribution in [3.05, 3.63) is 41.0 Å². The average Bonchev–Trinajstić information content (AvgIpc) is 2.99. The van der Waals surface area contributed by atoms with Crippen LogP contribution in [0.2, 0.25) is 5.02 Å². The van der Waals surface area contributed by atoms with Gasteiger partial charge in [-0.2, -0.15) is 5.10 Å². The number of carbonyl (C=O) groups is 1. The molecule has 3 rings (SSSR count). The predicted molar refractivity (Wildman–Crippen MR) is 86.9 cm³/mol. The molecule has 5 nitrogen and oxygen atoms in total. The van der Waals surface area contributed by atoms with Gasteiger partial charge < -0.3 is 10.6 Å². The number of nitrogens with zero attached hydrogens (tertiary/aromatic N) is 1. The summed E-state index contributed by atoms with van der Waals surface area (Å²) >= 11 is 6.03. The molecule has 2 aromatic rings. The Morgan fingerprint density at radius 1 is 1.45 bits per heavy atom. The maximum Gasteiger partial charge on any atom is 0.255 e. The Hall–Kier alpha value is -1.85. The summed E-state index contributed by atoms with van der Waals surface area (Å²) in [5.74, 6) is 0.357. The first kappa shape index (κ1) is 15.1. The SMILES string of the molecule is CC1CCNCC1NC(=O)c1cn[nH]c1-c1cccc(Cl)c1. The Morgan fingerprint density at radius 3 is 3.09 bits per heavy atom. The van der Waals surface area contributed by atoms with E-state index < -0.39 is 0 Å². The molecule has 1 fully saturated rings. The summed E-state index contributed by atoms with van der Waals surface area (Å²) in [6, 6.07) is 7.52. The highest BCUT2D eigenvalue weighted by Crippen LogP contribution is 2.24. The third-order valence-electron chi connectivity index (χ3n) is 4.14. The number of halogens is 1. The van der Waals surface area contributed by atoms with E-state index in [9.17, 15) is 4.79 Å². The molecule has 0 spiro atoms. The molecule has 1 aliphatic rings. The summed E-state index contributed by atoms with van der Waals surface area (Å²) in [4.78, 5) is 12.6. The molecular formula is C16H19ClN4O. The van der Waals surface area contributed by atoms with Crippen molar-refractivity contribution in [3.63, 3.8) is 0 Å². The summed E-state index contributed by atoms with van der Waals surface area (Å²) in [7, 11) is 0. The minimum Gasteiger partial charge on any atom is -0.348 e. The van der Waals surface area contributed by atoms with Crippen LogP contribution in [0.25, 0.3) is 11.3 Å². The molecule has 2 heterocycles. The van der Waals surface area contributed by atoms with Gasteiger partial charge in [0.25, 0.3) is 5.91 Å². The first-order valence-corrected chi connectivity index (χ1v) is 7.84. The van der Waals surface area contributed by atoms with Gasteiger partial charge in [0.1, 0.15) is 0 Å². The van der Waals surface area contributed by atoms with E-state index in [-0.39, 0.29) is 11.9 Å². The van der Waals surface area contributed by atoms with Gasteiger partial charge in [-0.25, -0.2) is 0 Å². The lowest BCUT2D eigenvalue weighted by atomic mass is 9.94. The van der Waals surface area contributed by atoms with Gasteiger partial charge in [0.05, 0.1) is 17.5 Å². The number of piperidine rings is 1. The van der Waals surface area contributed by atoms with Crippen LogP contribution in [0.4, 0.5) is 0 Å². The first-order chi connectivity index (χ1) is 10.6. The van der Waals surface area contributed by atoms with Crippen molar-refractivity contribution in [2.75, 3.05) is 13.1 Å². The Kier molecular flexibility index (Phi) is 4.45. The molecule has 1 saturated heterocycles. The minimum absolute atomic E-state index is 0.107. The highest BCUT2D eigenvalue weighted by atomic mass is 35.5. The zero-order valence-corrected chi connectivity index (χ0v) is 13.2. The van der Waals surface area contributed by atoms with Crippen molar-refractivity contribution in [2.45, 2.75) is 19.4 Å². The molecule has 0 radical (unpaired) electrons. The van der Waals surface area contributed by atoms with E-state index in [0.717, 1.165) is 25.1 Å². The van der Waals surface area contributed by atoms with E-state index in [2.05, 4.69) is 27.8 Å². The van der Waals surface area contributed by atoms with Gasteiger partial charge in [0, 0.05) is 23.2 Å². The summed E-state index contributed by atoms with van der Waals surface area (Å²) in [5, 5.41) is 14.0. The smallest absolute Gasteiger partial charge is 0.255 e. The fourth-order valence-electron chi connectivity index (χ4n) is 2.75. The van der Waals surface area contributed by atoms with Crippen molar-refractivity contribution >= 4 is 17.5 Å². The van der Waals surface area contributed by atoms with Gasteiger partial charge >= 0.3 is 0 Å². The Labute approximate surface area is 134 Å². The number of benzene rings is 1. The Balaban J connectivity index is 1.80.